The fourth-order valence-electron chi connectivity index (χ4n) is 2.62. The zero-order chi connectivity index (χ0) is 18.4. The maximum atomic E-state index is 12.2. The first-order valence-electron chi connectivity index (χ1n) is 8.24. The lowest BCUT2D eigenvalue weighted by molar-refractivity contribution is -0.121. The highest BCUT2D eigenvalue weighted by Gasteiger charge is 2.10. The van der Waals surface area contributed by atoms with Crippen molar-refractivity contribution in [2.45, 2.75) is 19.4 Å². The molecule has 0 unspecified atom stereocenters. The summed E-state index contributed by atoms with van der Waals surface area (Å²) in [6.07, 6.45) is 4.39. The monoisotopic (exact) mass is 414 g/mol. The molecule has 1 amide bonds. The Bertz CT molecular complexity index is 879. The van der Waals surface area contributed by atoms with Crippen LogP contribution in [0.4, 0.5) is 0 Å². The second-order valence-corrected chi connectivity index (χ2v) is 6.59. The minimum atomic E-state index is -0.00816. The third kappa shape index (κ3) is 4.52. The molecule has 134 valence electrons. The molecule has 0 fully saturated rings. The number of nitrogens with one attached hydrogen (secondary N) is 1. The van der Waals surface area contributed by atoms with E-state index in [0.717, 1.165) is 27.0 Å². The number of furan rings is 1. The molecule has 0 radical (unpaired) electrons. The van der Waals surface area contributed by atoms with E-state index >= 15 is 0 Å². The van der Waals surface area contributed by atoms with Crippen LogP contribution in [0.3, 0.4) is 0 Å². The first kappa shape index (κ1) is 18.2. The molecule has 0 aliphatic rings. The molecule has 2 heterocycles. The Morgan fingerprint density at radius 1 is 1.27 bits per heavy atom. The molecule has 3 rings (SSSR count). The van der Waals surface area contributed by atoms with E-state index in [1.807, 2.05) is 42.5 Å². The van der Waals surface area contributed by atoms with E-state index in [0.29, 0.717) is 25.1 Å². The highest BCUT2D eigenvalue weighted by atomic mass is 79.9. The van der Waals surface area contributed by atoms with E-state index in [9.17, 15) is 4.79 Å². The maximum absolute atomic E-state index is 12.2. The molecule has 0 aliphatic heterocycles. The highest BCUT2D eigenvalue weighted by molar-refractivity contribution is 9.10. The summed E-state index contributed by atoms with van der Waals surface area (Å²) in [5.41, 5.74) is 2.74. The number of amides is 1. The van der Waals surface area contributed by atoms with Crippen molar-refractivity contribution >= 4 is 21.8 Å². The van der Waals surface area contributed by atoms with Crippen LogP contribution in [0.1, 0.15) is 17.5 Å². The van der Waals surface area contributed by atoms with Gasteiger partial charge in [-0.25, -0.2) is 0 Å². The van der Waals surface area contributed by atoms with Crippen molar-refractivity contribution in [2.75, 3.05) is 7.11 Å². The van der Waals surface area contributed by atoms with Gasteiger partial charge in [-0.1, -0.05) is 12.1 Å². The van der Waals surface area contributed by atoms with E-state index in [1.54, 1.807) is 19.6 Å². The number of ether oxygens (including phenoxy) is 1. The number of hydrogen-bond acceptors (Lipinski definition) is 4. The Kier molecular flexibility index (Phi) is 6.07. The molecule has 3 aromatic rings. The SMILES string of the molecule is COc1ccc(CCC(=O)NCc2cccnc2-c2ccco2)cc1Br. The molecule has 26 heavy (non-hydrogen) atoms. The van der Waals surface area contributed by atoms with E-state index in [1.165, 1.54) is 0 Å². The molecule has 0 saturated carbocycles. The number of nitrogens with zero attached hydrogens (tertiary/aromatic N) is 1. The number of halogens is 1. The smallest absolute Gasteiger partial charge is 0.220 e. The number of carbonyl (C=O) groups excluding carboxylic acids is 1. The summed E-state index contributed by atoms with van der Waals surface area (Å²) in [5.74, 6) is 1.46. The first-order valence-corrected chi connectivity index (χ1v) is 9.03. The summed E-state index contributed by atoms with van der Waals surface area (Å²) in [4.78, 5) is 16.6. The Morgan fingerprint density at radius 2 is 2.15 bits per heavy atom. The van der Waals surface area contributed by atoms with Crippen molar-refractivity contribution in [3.05, 3.63) is 70.5 Å². The fraction of sp³-hybridized carbons (Fsp3) is 0.200. The predicted octanol–water partition coefficient (Wildman–Crippen LogP) is 4.36. The number of pyridine rings is 1. The molecule has 1 aromatic carbocycles. The lowest BCUT2D eigenvalue weighted by Gasteiger charge is -2.09. The quantitative estimate of drug-likeness (QED) is 0.623. The van der Waals surface area contributed by atoms with Crippen LogP contribution in [0.15, 0.2) is 63.8 Å². The molecular formula is C20H19BrN2O3. The van der Waals surface area contributed by atoms with E-state index in [2.05, 4.69) is 26.2 Å². The van der Waals surface area contributed by atoms with Crippen LogP contribution >= 0.6 is 15.9 Å². The van der Waals surface area contributed by atoms with Gasteiger partial charge in [-0.2, -0.15) is 0 Å². The van der Waals surface area contributed by atoms with Crippen LogP contribution < -0.4 is 10.1 Å². The second kappa shape index (κ2) is 8.67. The molecule has 0 saturated heterocycles. The zero-order valence-corrected chi connectivity index (χ0v) is 16.0. The van der Waals surface area contributed by atoms with Gasteiger partial charge in [0.25, 0.3) is 0 Å². The largest absolute Gasteiger partial charge is 0.496 e. The van der Waals surface area contributed by atoms with Crippen molar-refractivity contribution in [1.29, 1.82) is 0 Å². The zero-order valence-electron chi connectivity index (χ0n) is 14.4. The van der Waals surface area contributed by atoms with Crippen molar-refractivity contribution in [1.82, 2.24) is 10.3 Å². The molecule has 5 nitrogen and oxygen atoms in total. The Morgan fingerprint density at radius 3 is 2.88 bits per heavy atom. The van der Waals surface area contributed by atoms with Gasteiger partial charge < -0.3 is 14.5 Å². The minimum absolute atomic E-state index is 0.00816. The predicted molar refractivity (Wildman–Crippen MR) is 103 cm³/mol. The number of rotatable bonds is 7. The number of methoxy groups -OCH3 is 1. The number of benzene rings is 1. The summed E-state index contributed by atoms with van der Waals surface area (Å²) >= 11 is 3.46. The van der Waals surface area contributed by atoms with E-state index in [4.69, 9.17) is 9.15 Å². The fourth-order valence-corrected chi connectivity index (χ4v) is 3.21. The van der Waals surface area contributed by atoms with E-state index < -0.39 is 0 Å². The molecule has 0 bridgehead atoms. The molecular weight excluding hydrogens is 396 g/mol. The summed E-state index contributed by atoms with van der Waals surface area (Å²) < 4.78 is 11.5. The molecule has 0 spiro atoms. The normalized spacial score (nSPS) is 10.5. The third-order valence-corrected chi connectivity index (χ3v) is 4.60. The van der Waals surface area contributed by atoms with Crippen LogP contribution in [0.5, 0.6) is 5.75 Å². The first-order chi connectivity index (χ1) is 12.7. The number of aromatic nitrogens is 1. The molecule has 6 heteroatoms. The van der Waals surface area contributed by atoms with Gasteiger partial charge in [-0.05, 0) is 58.2 Å². The molecule has 0 aliphatic carbocycles. The number of carbonyl (C=O) groups is 1. The summed E-state index contributed by atoms with van der Waals surface area (Å²) in [6.45, 7) is 0.412. The van der Waals surface area contributed by atoms with Gasteiger partial charge in [0.1, 0.15) is 11.4 Å². The highest BCUT2D eigenvalue weighted by Crippen LogP contribution is 2.26. The Hall–Kier alpha value is -2.60. The van der Waals surface area contributed by atoms with Crippen LogP contribution in [0.2, 0.25) is 0 Å². The summed E-state index contributed by atoms with van der Waals surface area (Å²) in [7, 11) is 1.63. The van der Waals surface area contributed by atoms with Crippen LogP contribution in [-0.4, -0.2) is 18.0 Å². The summed E-state index contributed by atoms with van der Waals surface area (Å²) in [5, 5.41) is 2.95. The van der Waals surface area contributed by atoms with Gasteiger partial charge in [-0.15, -0.1) is 0 Å². The van der Waals surface area contributed by atoms with Crippen molar-refractivity contribution < 1.29 is 13.9 Å². The standard InChI is InChI=1S/C20H19BrN2O3/c1-25-17-8-6-14(12-16(17)21)7-9-19(24)23-13-15-4-2-10-22-20(15)18-5-3-11-26-18/h2-6,8,10-12H,7,9,13H2,1H3,(H,23,24). The van der Waals surface area contributed by atoms with Crippen LogP contribution in [0.25, 0.3) is 11.5 Å². The second-order valence-electron chi connectivity index (χ2n) is 5.73. The number of aryl methyl sites for hydroxylation is 1. The van der Waals surface area contributed by atoms with Crippen LogP contribution in [-0.2, 0) is 17.8 Å². The Balaban J connectivity index is 1.56. The third-order valence-electron chi connectivity index (χ3n) is 3.98. The molecule has 2 aromatic heterocycles. The Labute approximate surface area is 160 Å². The average molecular weight is 415 g/mol. The average Bonchev–Trinajstić information content (AvgIpc) is 3.19. The molecule has 0 atom stereocenters. The van der Waals surface area contributed by atoms with Gasteiger partial charge in [0, 0.05) is 24.7 Å². The number of hydrogen-bond donors (Lipinski definition) is 1. The lowest BCUT2D eigenvalue weighted by atomic mass is 10.1. The summed E-state index contributed by atoms with van der Waals surface area (Å²) in [6, 6.07) is 13.3. The van der Waals surface area contributed by atoms with Gasteiger partial charge in [0.05, 0.1) is 17.8 Å². The maximum Gasteiger partial charge on any atom is 0.220 e. The lowest BCUT2D eigenvalue weighted by Crippen LogP contribution is -2.23. The molecule has 1 N–H and O–H groups in total. The van der Waals surface area contributed by atoms with Gasteiger partial charge >= 0.3 is 0 Å². The van der Waals surface area contributed by atoms with Gasteiger partial charge in [0.2, 0.25) is 5.91 Å². The van der Waals surface area contributed by atoms with Crippen LogP contribution in [0, 0.1) is 0 Å². The topological polar surface area (TPSA) is 64.4 Å². The minimum Gasteiger partial charge on any atom is -0.496 e. The van der Waals surface area contributed by atoms with Crippen molar-refractivity contribution in [2.24, 2.45) is 0 Å². The van der Waals surface area contributed by atoms with Crippen molar-refractivity contribution in [3.63, 3.8) is 0 Å². The van der Waals surface area contributed by atoms with Crippen molar-refractivity contribution in [3.8, 4) is 17.2 Å². The van der Waals surface area contributed by atoms with E-state index in [-0.39, 0.29) is 5.91 Å². The van der Waals surface area contributed by atoms with Gasteiger partial charge in [0.15, 0.2) is 5.76 Å². The van der Waals surface area contributed by atoms with Gasteiger partial charge in [-0.3, -0.25) is 9.78 Å².